The first-order chi connectivity index (χ1) is 9.54. The van der Waals surface area contributed by atoms with Crippen molar-refractivity contribution in [2.45, 2.75) is 32.6 Å². The molecule has 1 N–H and O–H groups in total. The van der Waals surface area contributed by atoms with Crippen LogP contribution in [-0.4, -0.2) is 4.98 Å². The molecular formula is C19H19N. The van der Waals surface area contributed by atoms with Crippen molar-refractivity contribution < 1.29 is 0 Å². The third-order valence-electron chi connectivity index (χ3n) is 4.43. The quantitative estimate of drug-likeness (QED) is 0.456. The minimum absolute atomic E-state index is 0.198. The second-order valence-corrected chi connectivity index (χ2v) is 6.82. The van der Waals surface area contributed by atoms with Gasteiger partial charge in [0.1, 0.15) is 0 Å². The second-order valence-electron chi connectivity index (χ2n) is 6.82. The van der Waals surface area contributed by atoms with Gasteiger partial charge in [-0.05, 0) is 34.2 Å². The van der Waals surface area contributed by atoms with Crippen molar-refractivity contribution >= 4 is 10.9 Å². The maximum Gasteiger partial charge on any atom is 0.0503 e. The Balaban J connectivity index is 1.98. The average Bonchev–Trinajstić information content (AvgIpc) is 2.93. The Morgan fingerprint density at radius 1 is 1.00 bits per heavy atom. The minimum atomic E-state index is 0.198. The monoisotopic (exact) mass is 261 g/mol. The van der Waals surface area contributed by atoms with E-state index in [1.165, 1.54) is 38.9 Å². The van der Waals surface area contributed by atoms with Crippen LogP contribution in [0.4, 0.5) is 0 Å². The van der Waals surface area contributed by atoms with Gasteiger partial charge in [-0.25, -0.2) is 0 Å². The van der Waals surface area contributed by atoms with Crippen LogP contribution < -0.4 is 0 Å². The number of nitrogens with one attached hydrogen (secondary N) is 1. The molecule has 0 radical (unpaired) electrons. The summed E-state index contributed by atoms with van der Waals surface area (Å²) in [5.74, 6) is 0. The summed E-state index contributed by atoms with van der Waals surface area (Å²) in [6.45, 7) is 6.82. The average molecular weight is 261 g/mol. The van der Waals surface area contributed by atoms with Gasteiger partial charge in [0.25, 0.3) is 0 Å². The number of aromatic nitrogens is 1. The first kappa shape index (κ1) is 11.8. The van der Waals surface area contributed by atoms with E-state index in [-0.39, 0.29) is 5.41 Å². The summed E-state index contributed by atoms with van der Waals surface area (Å²) in [4.78, 5) is 3.61. The van der Waals surface area contributed by atoms with Crippen LogP contribution >= 0.6 is 0 Å². The highest BCUT2D eigenvalue weighted by atomic mass is 14.7. The molecule has 100 valence electrons. The van der Waals surface area contributed by atoms with Crippen molar-refractivity contribution in [1.82, 2.24) is 4.98 Å². The highest BCUT2D eigenvalue weighted by Gasteiger charge is 2.23. The molecule has 0 saturated heterocycles. The molecule has 0 aliphatic heterocycles. The number of rotatable bonds is 0. The molecule has 0 amide bonds. The molecule has 0 bridgehead atoms. The first-order valence-electron chi connectivity index (χ1n) is 7.27. The summed E-state index contributed by atoms with van der Waals surface area (Å²) in [6, 6.07) is 15.6. The second kappa shape index (κ2) is 3.76. The van der Waals surface area contributed by atoms with Crippen molar-refractivity contribution in [1.29, 1.82) is 0 Å². The summed E-state index contributed by atoms with van der Waals surface area (Å²) in [5, 5.41) is 1.39. The van der Waals surface area contributed by atoms with Crippen LogP contribution in [0.2, 0.25) is 0 Å². The van der Waals surface area contributed by atoms with Gasteiger partial charge < -0.3 is 4.98 Å². The summed E-state index contributed by atoms with van der Waals surface area (Å²) in [5.41, 5.74) is 8.46. The minimum Gasteiger partial charge on any atom is -0.354 e. The Morgan fingerprint density at radius 3 is 2.60 bits per heavy atom. The largest absolute Gasteiger partial charge is 0.354 e. The summed E-state index contributed by atoms with van der Waals surface area (Å²) in [6.07, 6.45) is 1.05. The van der Waals surface area contributed by atoms with Gasteiger partial charge >= 0.3 is 0 Å². The predicted molar refractivity (Wildman–Crippen MR) is 85.2 cm³/mol. The summed E-state index contributed by atoms with van der Waals surface area (Å²) in [7, 11) is 0. The Bertz CT molecular complexity index is 815. The van der Waals surface area contributed by atoms with Crippen molar-refractivity contribution in [2.24, 2.45) is 0 Å². The van der Waals surface area contributed by atoms with Crippen LogP contribution in [0, 0.1) is 0 Å². The van der Waals surface area contributed by atoms with Gasteiger partial charge in [-0.3, -0.25) is 0 Å². The number of hydrogen-bond acceptors (Lipinski definition) is 0. The zero-order valence-corrected chi connectivity index (χ0v) is 12.2. The molecule has 1 heteroatoms. The predicted octanol–water partition coefficient (Wildman–Crippen LogP) is 5.04. The maximum atomic E-state index is 3.61. The van der Waals surface area contributed by atoms with Crippen molar-refractivity contribution in [3.8, 4) is 11.3 Å². The zero-order chi connectivity index (χ0) is 13.9. The standard InChI is InChI=1S/C19H19N/c1-19(2,3)13-8-9-17-15(11-13)16-10-12-6-4-5-7-14(12)18(16)20-17/h4-9,11,20H,10H2,1-3H3. The van der Waals surface area contributed by atoms with E-state index in [2.05, 4.69) is 68.2 Å². The van der Waals surface area contributed by atoms with Crippen molar-refractivity contribution in [2.75, 3.05) is 0 Å². The molecule has 0 fully saturated rings. The van der Waals surface area contributed by atoms with Crippen molar-refractivity contribution in [3.63, 3.8) is 0 Å². The number of H-pyrrole nitrogens is 1. The molecule has 1 aromatic heterocycles. The van der Waals surface area contributed by atoms with Crippen LogP contribution in [0.15, 0.2) is 42.5 Å². The Labute approximate surface area is 119 Å². The maximum absolute atomic E-state index is 3.61. The van der Waals surface area contributed by atoms with Crippen LogP contribution in [0.1, 0.15) is 37.5 Å². The number of hydrogen-bond donors (Lipinski definition) is 1. The molecule has 0 unspecified atom stereocenters. The van der Waals surface area contributed by atoms with E-state index in [4.69, 9.17) is 0 Å². The van der Waals surface area contributed by atoms with Gasteiger partial charge in [-0.1, -0.05) is 51.1 Å². The molecule has 0 saturated carbocycles. The van der Waals surface area contributed by atoms with E-state index in [0.29, 0.717) is 0 Å². The molecule has 1 nitrogen and oxygen atoms in total. The topological polar surface area (TPSA) is 15.8 Å². The van der Waals surface area contributed by atoms with E-state index in [1.54, 1.807) is 0 Å². The molecule has 4 rings (SSSR count). The highest BCUT2D eigenvalue weighted by molar-refractivity contribution is 5.94. The zero-order valence-electron chi connectivity index (χ0n) is 12.2. The van der Waals surface area contributed by atoms with Gasteiger partial charge in [-0.2, -0.15) is 0 Å². The van der Waals surface area contributed by atoms with E-state index in [9.17, 15) is 0 Å². The van der Waals surface area contributed by atoms with Crippen LogP contribution in [0.25, 0.3) is 22.2 Å². The fourth-order valence-electron chi connectivity index (χ4n) is 3.24. The fourth-order valence-corrected chi connectivity index (χ4v) is 3.24. The van der Waals surface area contributed by atoms with Gasteiger partial charge in [0.2, 0.25) is 0 Å². The molecule has 3 aromatic rings. The normalized spacial score (nSPS) is 13.6. The van der Waals surface area contributed by atoms with E-state index in [0.717, 1.165) is 6.42 Å². The Morgan fingerprint density at radius 2 is 1.80 bits per heavy atom. The molecule has 1 aliphatic rings. The van der Waals surface area contributed by atoms with Gasteiger partial charge in [0.15, 0.2) is 0 Å². The molecule has 1 aliphatic carbocycles. The molecule has 1 heterocycles. The van der Waals surface area contributed by atoms with Gasteiger partial charge in [0.05, 0.1) is 5.69 Å². The van der Waals surface area contributed by atoms with E-state index in [1.807, 2.05) is 0 Å². The third-order valence-corrected chi connectivity index (χ3v) is 4.43. The molecule has 2 aromatic carbocycles. The SMILES string of the molecule is CC(C)(C)c1ccc2[nH]c3c(c2c1)Cc1ccccc1-3. The Hall–Kier alpha value is -2.02. The molecule has 0 atom stereocenters. The van der Waals surface area contributed by atoms with Crippen LogP contribution in [0.3, 0.4) is 0 Å². The summed E-state index contributed by atoms with van der Waals surface area (Å²) < 4.78 is 0. The lowest BCUT2D eigenvalue weighted by atomic mass is 9.86. The Kier molecular flexibility index (Phi) is 2.21. The first-order valence-corrected chi connectivity index (χ1v) is 7.27. The molecule has 20 heavy (non-hydrogen) atoms. The fraction of sp³-hybridized carbons (Fsp3) is 0.263. The van der Waals surface area contributed by atoms with Gasteiger partial charge in [-0.15, -0.1) is 0 Å². The van der Waals surface area contributed by atoms with Crippen LogP contribution in [-0.2, 0) is 11.8 Å². The number of benzene rings is 2. The van der Waals surface area contributed by atoms with Crippen LogP contribution in [0.5, 0.6) is 0 Å². The van der Waals surface area contributed by atoms with Crippen molar-refractivity contribution in [3.05, 3.63) is 59.2 Å². The smallest absolute Gasteiger partial charge is 0.0503 e. The lowest BCUT2D eigenvalue weighted by molar-refractivity contribution is 0.591. The molecular weight excluding hydrogens is 242 g/mol. The summed E-state index contributed by atoms with van der Waals surface area (Å²) >= 11 is 0. The van der Waals surface area contributed by atoms with E-state index < -0.39 is 0 Å². The highest BCUT2D eigenvalue weighted by Crippen LogP contribution is 2.41. The third kappa shape index (κ3) is 1.56. The lowest BCUT2D eigenvalue weighted by Gasteiger charge is -2.19. The number of fused-ring (bicyclic) bond motifs is 5. The van der Waals surface area contributed by atoms with Gasteiger partial charge in [0, 0.05) is 22.9 Å². The number of aromatic amines is 1. The van der Waals surface area contributed by atoms with E-state index >= 15 is 0 Å². The lowest BCUT2D eigenvalue weighted by Crippen LogP contribution is -2.10. The molecule has 0 spiro atoms.